The summed E-state index contributed by atoms with van der Waals surface area (Å²) < 4.78 is 2.67. The molecule has 3 heteroatoms. The van der Waals surface area contributed by atoms with Gasteiger partial charge in [-0.05, 0) is 96.6 Å². The molecule has 0 radical (unpaired) electrons. The minimum absolute atomic E-state index is 0.731. The third-order valence-electron chi connectivity index (χ3n) is 6.44. The first-order valence-corrected chi connectivity index (χ1v) is 12.8. The van der Waals surface area contributed by atoms with Crippen molar-refractivity contribution in [1.29, 1.82) is 0 Å². The van der Waals surface area contributed by atoms with Crippen molar-refractivity contribution in [2.75, 3.05) is 13.1 Å². The van der Waals surface area contributed by atoms with Gasteiger partial charge in [0.15, 0.2) is 0 Å². The maximum atomic E-state index is 5.71. The third-order valence-corrected chi connectivity index (χ3v) is 7.59. The first-order chi connectivity index (χ1) is 16.7. The number of rotatable bonds is 9. The van der Waals surface area contributed by atoms with Crippen molar-refractivity contribution in [3.05, 3.63) is 96.1 Å². The summed E-state index contributed by atoms with van der Waals surface area (Å²) in [5, 5.41) is 2.67. The SMILES string of the molecule is C=NCCCc1cccc(-c2ccc3sc4ccc(-c5cccc(CCCN)c5)cc4c3c2)c1. The third kappa shape index (κ3) is 4.82. The standard InChI is InChI=1S/C31H30N2S/c1-33-17-5-9-23-7-3-11-25(19-23)27-13-15-31-29(21-27)28-20-26(12-14-30(28)34-31)24-10-2-6-22(18-24)8-4-16-32/h2-3,6-7,10-15,18-21H,1,4-5,8-9,16-17,32H2. The normalized spacial score (nSPS) is 11.3. The van der Waals surface area contributed by atoms with Crippen LogP contribution in [0.2, 0.25) is 0 Å². The number of benzene rings is 4. The Hall–Kier alpha value is -3.27. The summed E-state index contributed by atoms with van der Waals surface area (Å²) in [7, 11) is 0. The van der Waals surface area contributed by atoms with Crippen molar-refractivity contribution >= 4 is 38.2 Å². The van der Waals surface area contributed by atoms with Gasteiger partial charge in [0.2, 0.25) is 0 Å². The fourth-order valence-electron chi connectivity index (χ4n) is 4.65. The van der Waals surface area contributed by atoms with Crippen molar-refractivity contribution in [2.24, 2.45) is 10.7 Å². The average molecular weight is 463 g/mol. The summed E-state index contributed by atoms with van der Waals surface area (Å²) >= 11 is 1.87. The largest absolute Gasteiger partial charge is 0.330 e. The number of fused-ring (bicyclic) bond motifs is 3. The van der Waals surface area contributed by atoms with Crippen molar-refractivity contribution in [2.45, 2.75) is 25.7 Å². The van der Waals surface area contributed by atoms with Crippen LogP contribution in [-0.4, -0.2) is 19.8 Å². The lowest BCUT2D eigenvalue weighted by atomic mass is 9.97. The first-order valence-electron chi connectivity index (χ1n) is 12.0. The number of nitrogens with zero attached hydrogens (tertiary/aromatic N) is 1. The molecule has 0 bridgehead atoms. The minimum Gasteiger partial charge on any atom is -0.330 e. The van der Waals surface area contributed by atoms with E-state index < -0.39 is 0 Å². The summed E-state index contributed by atoms with van der Waals surface area (Å²) in [6, 6.07) is 31.6. The molecular weight excluding hydrogens is 432 g/mol. The number of hydrogen-bond acceptors (Lipinski definition) is 3. The molecule has 0 aliphatic rings. The lowest BCUT2D eigenvalue weighted by Crippen LogP contribution is -2.00. The summed E-state index contributed by atoms with van der Waals surface area (Å²) in [5.41, 5.74) is 13.5. The zero-order valence-corrected chi connectivity index (χ0v) is 20.3. The summed E-state index contributed by atoms with van der Waals surface area (Å²) in [6.45, 7) is 5.14. The molecule has 0 unspecified atom stereocenters. The highest BCUT2D eigenvalue weighted by atomic mass is 32.1. The van der Waals surface area contributed by atoms with Crippen LogP contribution in [0.3, 0.4) is 0 Å². The zero-order valence-electron chi connectivity index (χ0n) is 19.5. The molecule has 170 valence electrons. The predicted molar refractivity (Wildman–Crippen MR) is 150 cm³/mol. The van der Waals surface area contributed by atoms with Crippen molar-refractivity contribution < 1.29 is 0 Å². The molecule has 0 saturated carbocycles. The second-order valence-electron chi connectivity index (χ2n) is 8.87. The van der Waals surface area contributed by atoms with Crippen LogP contribution in [0.4, 0.5) is 0 Å². The van der Waals surface area contributed by atoms with Crippen LogP contribution in [0, 0.1) is 0 Å². The zero-order chi connectivity index (χ0) is 23.3. The molecule has 5 aromatic rings. The maximum absolute atomic E-state index is 5.71. The van der Waals surface area contributed by atoms with Gasteiger partial charge in [-0.15, -0.1) is 11.3 Å². The van der Waals surface area contributed by atoms with Crippen LogP contribution < -0.4 is 5.73 Å². The lowest BCUT2D eigenvalue weighted by molar-refractivity contribution is 0.833. The van der Waals surface area contributed by atoms with Crippen molar-refractivity contribution in [3.8, 4) is 22.3 Å². The molecular formula is C31H30N2S. The molecule has 2 nitrogen and oxygen atoms in total. The van der Waals surface area contributed by atoms with Crippen LogP contribution in [0.15, 0.2) is 89.9 Å². The Balaban J connectivity index is 1.52. The van der Waals surface area contributed by atoms with E-state index in [1.165, 1.54) is 53.6 Å². The summed E-state index contributed by atoms with van der Waals surface area (Å²) in [5.74, 6) is 0. The van der Waals surface area contributed by atoms with E-state index in [9.17, 15) is 0 Å². The Labute approximate surface area is 205 Å². The highest BCUT2D eigenvalue weighted by Gasteiger charge is 2.10. The van der Waals surface area contributed by atoms with Crippen LogP contribution >= 0.6 is 11.3 Å². The summed E-state index contributed by atoms with van der Waals surface area (Å²) in [4.78, 5) is 3.98. The smallest absolute Gasteiger partial charge is 0.0385 e. The van der Waals surface area contributed by atoms with E-state index in [4.69, 9.17) is 5.73 Å². The number of nitrogens with two attached hydrogens (primary N) is 1. The Kier molecular flexibility index (Phi) is 6.84. The number of thiophene rings is 1. The molecule has 1 aromatic heterocycles. The van der Waals surface area contributed by atoms with Gasteiger partial charge in [0.25, 0.3) is 0 Å². The van der Waals surface area contributed by atoms with Crippen LogP contribution in [-0.2, 0) is 12.8 Å². The minimum atomic E-state index is 0.731. The molecule has 0 aliphatic heterocycles. The molecule has 2 N–H and O–H groups in total. The number of aryl methyl sites for hydroxylation is 2. The van der Waals surface area contributed by atoms with Gasteiger partial charge < -0.3 is 10.7 Å². The van der Waals surface area contributed by atoms with Crippen LogP contribution in [0.25, 0.3) is 42.4 Å². The lowest BCUT2D eigenvalue weighted by Gasteiger charge is -2.07. The van der Waals surface area contributed by atoms with Gasteiger partial charge in [-0.25, -0.2) is 0 Å². The molecule has 0 aliphatic carbocycles. The van der Waals surface area contributed by atoms with E-state index in [2.05, 4.69) is 96.6 Å². The second kappa shape index (κ2) is 10.3. The van der Waals surface area contributed by atoms with Gasteiger partial charge in [-0.3, -0.25) is 0 Å². The maximum Gasteiger partial charge on any atom is 0.0385 e. The molecule has 0 fully saturated rings. The van der Waals surface area contributed by atoms with Crippen molar-refractivity contribution in [1.82, 2.24) is 0 Å². The molecule has 0 spiro atoms. The molecule has 0 amide bonds. The Morgan fingerprint density at radius 3 is 1.71 bits per heavy atom. The van der Waals surface area contributed by atoms with Gasteiger partial charge in [0.1, 0.15) is 0 Å². The Bertz CT molecular complexity index is 1450. The van der Waals surface area contributed by atoms with Gasteiger partial charge in [-0.2, -0.15) is 0 Å². The van der Waals surface area contributed by atoms with E-state index in [0.29, 0.717) is 0 Å². The monoisotopic (exact) mass is 462 g/mol. The molecule has 0 saturated heterocycles. The highest BCUT2D eigenvalue weighted by Crippen LogP contribution is 2.38. The number of aliphatic imine (C=N–C) groups is 1. The van der Waals surface area contributed by atoms with Crippen LogP contribution in [0.1, 0.15) is 24.0 Å². The topological polar surface area (TPSA) is 38.4 Å². The van der Waals surface area contributed by atoms with Gasteiger partial charge in [0, 0.05) is 26.7 Å². The molecule has 34 heavy (non-hydrogen) atoms. The van der Waals surface area contributed by atoms with Gasteiger partial charge in [-0.1, -0.05) is 60.7 Å². The molecule has 5 rings (SSSR count). The fraction of sp³-hybridized carbons (Fsp3) is 0.194. The number of hydrogen-bond donors (Lipinski definition) is 1. The van der Waals surface area contributed by atoms with Crippen LogP contribution in [0.5, 0.6) is 0 Å². The molecule has 4 aromatic carbocycles. The van der Waals surface area contributed by atoms with Gasteiger partial charge >= 0.3 is 0 Å². The first kappa shape index (κ1) is 22.5. The van der Waals surface area contributed by atoms with Gasteiger partial charge in [0.05, 0.1) is 0 Å². The van der Waals surface area contributed by atoms with E-state index in [-0.39, 0.29) is 0 Å². The fourth-order valence-corrected chi connectivity index (χ4v) is 5.72. The van der Waals surface area contributed by atoms with Crippen molar-refractivity contribution in [3.63, 3.8) is 0 Å². The van der Waals surface area contributed by atoms with E-state index >= 15 is 0 Å². The predicted octanol–water partition coefficient (Wildman–Crippen LogP) is 7.91. The molecule has 0 atom stereocenters. The van der Waals surface area contributed by atoms with E-state index in [1.54, 1.807) is 0 Å². The molecule has 1 heterocycles. The van der Waals surface area contributed by atoms with E-state index in [0.717, 1.165) is 38.8 Å². The Morgan fingerprint density at radius 2 is 1.18 bits per heavy atom. The quantitative estimate of drug-likeness (QED) is 0.175. The highest BCUT2D eigenvalue weighted by molar-refractivity contribution is 7.25. The average Bonchev–Trinajstić information content (AvgIpc) is 3.25. The second-order valence-corrected chi connectivity index (χ2v) is 9.95. The van der Waals surface area contributed by atoms with E-state index in [1.807, 2.05) is 11.3 Å². The summed E-state index contributed by atoms with van der Waals surface area (Å²) in [6.07, 6.45) is 4.12. The Morgan fingerprint density at radius 1 is 0.647 bits per heavy atom.